The molecule has 0 aromatic heterocycles. The molecular formula is C21H32N4O4S. The summed E-state index contributed by atoms with van der Waals surface area (Å²) in [5, 5.41) is 2.95. The number of sulfonamides is 1. The standard InChI is InChI=1S/C21H32N4O4S/c1-2-30(28,29)25-12-9-17(10-13-25)21(27)23-19-7-5-16(6-8-19)14-24-11-3-4-18(15-24)20(22)26/h5-8,17-18H,2-4,9-15H2,1H3,(H2,22,26)(H,23,27). The van der Waals surface area contributed by atoms with Gasteiger partial charge in [0.25, 0.3) is 0 Å². The second kappa shape index (κ2) is 9.89. The zero-order valence-electron chi connectivity index (χ0n) is 17.5. The summed E-state index contributed by atoms with van der Waals surface area (Å²) in [6, 6.07) is 7.75. The topological polar surface area (TPSA) is 113 Å². The summed E-state index contributed by atoms with van der Waals surface area (Å²) < 4.78 is 25.4. The Morgan fingerprint density at radius 1 is 1.07 bits per heavy atom. The Morgan fingerprint density at radius 2 is 1.73 bits per heavy atom. The lowest BCUT2D eigenvalue weighted by molar-refractivity contribution is -0.123. The molecule has 2 heterocycles. The van der Waals surface area contributed by atoms with Crippen LogP contribution in [0.2, 0.25) is 0 Å². The molecule has 3 N–H and O–H groups in total. The average molecular weight is 437 g/mol. The SMILES string of the molecule is CCS(=O)(=O)N1CCC(C(=O)Nc2ccc(CN3CCCC(C(N)=O)C3)cc2)CC1. The number of nitrogens with one attached hydrogen (secondary N) is 1. The Morgan fingerprint density at radius 3 is 2.33 bits per heavy atom. The van der Waals surface area contributed by atoms with Crippen LogP contribution in [0.1, 0.15) is 38.2 Å². The number of piperidine rings is 2. The van der Waals surface area contributed by atoms with Gasteiger partial charge in [-0.1, -0.05) is 12.1 Å². The molecule has 8 nitrogen and oxygen atoms in total. The minimum Gasteiger partial charge on any atom is -0.369 e. The molecule has 0 radical (unpaired) electrons. The molecule has 1 aromatic rings. The molecule has 2 saturated heterocycles. The summed E-state index contributed by atoms with van der Waals surface area (Å²) in [6.45, 7) is 4.83. The van der Waals surface area contributed by atoms with E-state index in [0.29, 0.717) is 32.5 Å². The molecule has 0 aliphatic carbocycles. The van der Waals surface area contributed by atoms with Crippen LogP contribution in [0, 0.1) is 11.8 Å². The van der Waals surface area contributed by atoms with Crippen molar-refractivity contribution in [2.45, 2.75) is 39.2 Å². The summed E-state index contributed by atoms with van der Waals surface area (Å²) in [5.41, 5.74) is 7.31. The second-order valence-electron chi connectivity index (χ2n) is 8.24. The maximum absolute atomic E-state index is 12.6. The average Bonchev–Trinajstić information content (AvgIpc) is 2.75. The summed E-state index contributed by atoms with van der Waals surface area (Å²) >= 11 is 0. The maximum Gasteiger partial charge on any atom is 0.227 e. The molecule has 166 valence electrons. The van der Waals surface area contributed by atoms with Crippen molar-refractivity contribution in [3.05, 3.63) is 29.8 Å². The molecule has 3 rings (SSSR count). The predicted molar refractivity (Wildman–Crippen MR) is 116 cm³/mol. The number of benzene rings is 1. The normalized spacial score (nSPS) is 22.0. The van der Waals surface area contributed by atoms with Gasteiger partial charge in [0.15, 0.2) is 0 Å². The van der Waals surface area contributed by atoms with Crippen LogP contribution in [0.15, 0.2) is 24.3 Å². The van der Waals surface area contributed by atoms with Crippen molar-refractivity contribution in [2.75, 3.05) is 37.2 Å². The van der Waals surface area contributed by atoms with E-state index in [-0.39, 0.29) is 29.4 Å². The van der Waals surface area contributed by atoms with E-state index in [1.165, 1.54) is 4.31 Å². The molecule has 30 heavy (non-hydrogen) atoms. The van der Waals surface area contributed by atoms with Gasteiger partial charge in [0.2, 0.25) is 21.8 Å². The second-order valence-corrected chi connectivity index (χ2v) is 10.5. The van der Waals surface area contributed by atoms with Gasteiger partial charge < -0.3 is 11.1 Å². The smallest absolute Gasteiger partial charge is 0.227 e. The molecule has 1 aromatic carbocycles. The van der Waals surface area contributed by atoms with Crippen LogP contribution in [0.5, 0.6) is 0 Å². The van der Waals surface area contributed by atoms with Gasteiger partial charge in [-0.2, -0.15) is 0 Å². The molecule has 0 bridgehead atoms. The Kier molecular flexibility index (Phi) is 7.49. The van der Waals surface area contributed by atoms with Crippen molar-refractivity contribution >= 4 is 27.5 Å². The van der Waals surface area contributed by atoms with E-state index in [9.17, 15) is 18.0 Å². The first-order chi connectivity index (χ1) is 14.3. The Bertz CT molecular complexity index is 848. The van der Waals surface area contributed by atoms with Crippen molar-refractivity contribution in [3.63, 3.8) is 0 Å². The molecule has 2 aliphatic heterocycles. The highest BCUT2D eigenvalue weighted by Gasteiger charge is 2.30. The predicted octanol–water partition coefficient (Wildman–Crippen LogP) is 1.38. The summed E-state index contributed by atoms with van der Waals surface area (Å²) in [7, 11) is -3.18. The van der Waals surface area contributed by atoms with Crippen LogP contribution in [0.3, 0.4) is 0 Å². The third kappa shape index (κ3) is 5.80. The summed E-state index contributed by atoms with van der Waals surface area (Å²) in [5.74, 6) is -0.438. The lowest BCUT2D eigenvalue weighted by Crippen LogP contribution is -2.42. The molecular weight excluding hydrogens is 404 g/mol. The lowest BCUT2D eigenvalue weighted by atomic mass is 9.97. The maximum atomic E-state index is 12.6. The first kappa shape index (κ1) is 22.7. The fourth-order valence-electron chi connectivity index (χ4n) is 4.21. The third-order valence-corrected chi connectivity index (χ3v) is 8.00. The van der Waals surface area contributed by atoms with Gasteiger partial charge in [0, 0.05) is 37.8 Å². The van der Waals surface area contributed by atoms with Gasteiger partial charge in [-0.25, -0.2) is 12.7 Å². The van der Waals surface area contributed by atoms with E-state index >= 15 is 0 Å². The minimum absolute atomic E-state index is 0.0587. The lowest BCUT2D eigenvalue weighted by Gasteiger charge is -2.31. The van der Waals surface area contributed by atoms with Gasteiger partial charge in [0.05, 0.1) is 11.7 Å². The number of rotatable bonds is 7. The molecule has 0 spiro atoms. The monoisotopic (exact) mass is 436 g/mol. The number of amides is 2. The third-order valence-electron chi connectivity index (χ3n) is 6.12. The van der Waals surface area contributed by atoms with E-state index in [4.69, 9.17) is 5.73 Å². The van der Waals surface area contributed by atoms with E-state index in [1.54, 1.807) is 6.92 Å². The van der Waals surface area contributed by atoms with E-state index in [0.717, 1.165) is 37.2 Å². The Balaban J connectivity index is 1.49. The Hall–Kier alpha value is -1.97. The number of hydrogen-bond acceptors (Lipinski definition) is 5. The van der Waals surface area contributed by atoms with Crippen molar-refractivity contribution in [3.8, 4) is 0 Å². The zero-order valence-corrected chi connectivity index (χ0v) is 18.4. The number of primary amides is 1. The number of nitrogens with zero attached hydrogens (tertiary/aromatic N) is 2. The number of carbonyl (C=O) groups excluding carboxylic acids is 2. The Labute approximate surface area is 178 Å². The van der Waals surface area contributed by atoms with Gasteiger partial charge in [-0.05, 0) is 56.8 Å². The highest BCUT2D eigenvalue weighted by atomic mass is 32.2. The molecule has 1 unspecified atom stereocenters. The van der Waals surface area contributed by atoms with Gasteiger partial charge in [-0.3, -0.25) is 14.5 Å². The van der Waals surface area contributed by atoms with Crippen molar-refractivity contribution in [1.29, 1.82) is 0 Å². The van der Waals surface area contributed by atoms with Crippen LogP contribution in [0.4, 0.5) is 5.69 Å². The fourth-order valence-corrected chi connectivity index (χ4v) is 5.34. The summed E-state index contributed by atoms with van der Waals surface area (Å²) in [4.78, 5) is 26.2. The largest absolute Gasteiger partial charge is 0.369 e. The van der Waals surface area contributed by atoms with Crippen molar-refractivity contribution in [1.82, 2.24) is 9.21 Å². The van der Waals surface area contributed by atoms with Crippen molar-refractivity contribution < 1.29 is 18.0 Å². The number of nitrogens with two attached hydrogens (primary N) is 1. The minimum atomic E-state index is -3.18. The van der Waals surface area contributed by atoms with Crippen LogP contribution >= 0.6 is 0 Å². The number of anilines is 1. The molecule has 0 saturated carbocycles. The number of likely N-dealkylation sites (tertiary alicyclic amines) is 1. The first-order valence-electron chi connectivity index (χ1n) is 10.7. The quantitative estimate of drug-likeness (QED) is 0.671. The highest BCUT2D eigenvalue weighted by molar-refractivity contribution is 7.89. The van der Waals surface area contributed by atoms with E-state index in [2.05, 4.69) is 10.2 Å². The fraction of sp³-hybridized carbons (Fsp3) is 0.619. The van der Waals surface area contributed by atoms with Crippen LogP contribution in [0.25, 0.3) is 0 Å². The molecule has 2 amide bonds. The summed E-state index contributed by atoms with van der Waals surface area (Å²) in [6.07, 6.45) is 2.92. The van der Waals surface area contributed by atoms with Crippen molar-refractivity contribution in [2.24, 2.45) is 17.6 Å². The molecule has 2 aliphatic rings. The molecule has 1 atom stereocenters. The number of hydrogen-bond donors (Lipinski definition) is 2. The van der Waals surface area contributed by atoms with Gasteiger partial charge in [-0.15, -0.1) is 0 Å². The van der Waals surface area contributed by atoms with Gasteiger partial charge in [0.1, 0.15) is 0 Å². The number of carbonyl (C=O) groups is 2. The van der Waals surface area contributed by atoms with Crippen LogP contribution in [-0.2, 0) is 26.2 Å². The highest BCUT2D eigenvalue weighted by Crippen LogP contribution is 2.23. The van der Waals surface area contributed by atoms with Crippen LogP contribution in [-0.4, -0.2) is 61.4 Å². The van der Waals surface area contributed by atoms with E-state index in [1.807, 2.05) is 24.3 Å². The van der Waals surface area contributed by atoms with Crippen LogP contribution < -0.4 is 11.1 Å². The van der Waals surface area contributed by atoms with E-state index < -0.39 is 10.0 Å². The first-order valence-corrected chi connectivity index (χ1v) is 12.3. The molecule has 9 heteroatoms. The molecule has 2 fully saturated rings. The zero-order chi connectivity index (χ0) is 21.7. The van der Waals surface area contributed by atoms with Gasteiger partial charge >= 0.3 is 0 Å².